The molecule has 1 aromatic carbocycles. The van der Waals surface area contributed by atoms with Gasteiger partial charge in [0.15, 0.2) is 0 Å². The van der Waals surface area contributed by atoms with Crippen molar-refractivity contribution in [3.8, 4) is 0 Å². The zero-order chi connectivity index (χ0) is 11.6. The number of hydrogen-bond donors (Lipinski definition) is 1. The molecule has 0 aliphatic carbocycles. The van der Waals surface area contributed by atoms with Gasteiger partial charge < -0.3 is 14.6 Å². The fourth-order valence-electron chi connectivity index (χ4n) is 1.12. The van der Waals surface area contributed by atoms with E-state index in [0.717, 1.165) is 0 Å². The van der Waals surface area contributed by atoms with Crippen LogP contribution in [0.5, 0.6) is 0 Å². The van der Waals surface area contributed by atoms with E-state index < -0.39 is 6.10 Å². The van der Waals surface area contributed by atoms with Crippen LogP contribution in [0.15, 0.2) is 35.2 Å². The highest BCUT2D eigenvalue weighted by atomic mass is 32.2. The normalized spacial score (nSPS) is 12.6. The van der Waals surface area contributed by atoms with Crippen molar-refractivity contribution in [1.29, 1.82) is 0 Å². The first kappa shape index (κ1) is 13.5. The molecule has 0 bridgehead atoms. The van der Waals surface area contributed by atoms with Gasteiger partial charge in [-0.15, -0.1) is 11.8 Å². The lowest BCUT2D eigenvalue weighted by atomic mass is 10.4. The van der Waals surface area contributed by atoms with Crippen LogP contribution < -0.4 is 0 Å². The number of thioether (sulfide) groups is 1. The van der Waals surface area contributed by atoms with Crippen molar-refractivity contribution in [3.63, 3.8) is 0 Å². The van der Waals surface area contributed by atoms with Gasteiger partial charge in [0, 0.05) is 17.8 Å². The van der Waals surface area contributed by atoms with Crippen molar-refractivity contribution >= 4 is 11.8 Å². The second-order valence-electron chi connectivity index (χ2n) is 3.35. The molecule has 0 saturated carbocycles. The van der Waals surface area contributed by atoms with Gasteiger partial charge in [-0.25, -0.2) is 0 Å². The molecule has 0 heterocycles. The van der Waals surface area contributed by atoms with E-state index in [2.05, 4.69) is 0 Å². The summed E-state index contributed by atoms with van der Waals surface area (Å²) < 4.78 is 10.1. The monoisotopic (exact) mass is 242 g/mol. The fourth-order valence-corrected chi connectivity index (χ4v) is 1.95. The quantitative estimate of drug-likeness (QED) is 0.557. The van der Waals surface area contributed by atoms with Gasteiger partial charge >= 0.3 is 0 Å². The number of rotatable bonds is 8. The van der Waals surface area contributed by atoms with Crippen molar-refractivity contribution in [2.45, 2.75) is 11.0 Å². The third kappa shape index (κ3) is 6.12. The van der Waals surface area contributed by atoms with Crippen LogP contribution >= 0.6 is 11.8 Å². The predicted octanol–water partition coefficient (Wildman–Crippen LogP) is 1.80. The number of aliphatic hydroxyl groups excluding tert-OH is 1. The molecule has 1 unspecified atom stereocenters. The zero-order valence-corrected chi connectivity index (χ0v) is 10.3. The number of hydrogen-bond acceptors (Lipinski definition) is 4. The van der Waals surface area contributed by atoms with Gasteiger partial charge in [-0.05, 0) is 12.1 Å². The van der Waals surface area contributed by atoms with Crippen LogP contribution in [0, 0.1) is 0 Å². The third-order valence-electron chi connectivity index (χ3n) is 1.93. The molecule has 1 aromatic rings. The van der Waals surface area contributed by atoms with Gasteiger partial charge in [-0.3, -0.25) is 0 Å². The Kier molecular flexibility index (Phi) is 7.25. The van der Waals surface area contributed by atoms with Crippen LogP contribution in [-0.4, -0.2) is 43.9 Å². The molecule has 0 aromatic heterocycles. The molecular formula is C12H18O3S. The molecule has 16 heavy (non-hydrogen) atoms. The third-order valence-corrected chi connectivity index (χ3v) is 3.08. The average molecular weight is 242 g/mol. The molecule has 0 saturated heterocycles. The van der Waals surface area contributed by atoms with Crippen LogP contribution in [-0.2, 0) is 9.47 Å². The average Bonchev–Trinajstić information content (AvgIpc) is 2.33. The molecule has 1 rings (SSSR count). The van der Waals surface area contributed by atoms with Gasteiger partial charge in [0.25, 0.3) is 0 Å². The van der Waals surface area contributed by atoms with E-state index in [-0.39, 0.29) is 0 Å². The molecule has 0 spiro atoms. The molecule has 4 heteroatoms. The fraction of sp³-hybridized carbons (Fsp3) is 0.500. The van der Waals surface area contributed by atoms with E-state index >= 15 is 0 Å². The van der Waals surface area contributed by atoms with Crippen molar-refractivity contribution in [1.82, 2.24) is 0 Å². The predicted molar refractivity (Wildman–Crippen MR) is 65.9 cm³/mol. The van der Waals surface area contributed by atoms with Crippen LogP contribution in [0.1, 0.15) is 0 Å². The highest BCUT2D eigenvalue weighted by molar-refractivity contribution is 7.99. The Morgan fingerprint density at radius 1 is 1.25 bits per heavy atom. The summed E-state index contributed by atoms with van der Waals surface area (Å²) in [6.45, 7) is 1.46. The number of methoxy groups -OCH3 is 1. The standard InChI is InChI=1S/C12H18O3S/c1-14-7-8-15-9-11(13)10-16-12-5-3-2-4-6-12/h2-6,11,13H,7-10H2,1H3. The van der Waals surface area contributed by atoms with Crippen molar-refractivity contribution in [2.75, 3.05) is 32.7 Å². The van der Waals surface area contributed by atoms with Crippen LogP contribution in [0.3, 0.4) is 0 Å². The highest BCUT2D eigenvalue weighted by Gasteiger charge is 2.04. The molecule has 0 aliphatic heterocycles. The van der Waals surface area contributed by atoms with E-state index in [4.69, 9.17) is 9.47 Å². The summed E-state index contributed by atoms with van der Waals surface area (Å²) in [5.41, 5.74) is 0. The summed E-state index contributed by atoms with van der Waals surface area (Å²) >= 11 is 1.63. The summed E-state index contributed by atoms with van der Waals surface area (Å²) in [5.74, 6) is 0.650. The number of benzene rings is 1. The van der Waals surface area contributed by atoms with Gasteiger partial charge in [-0.1, -0.05) is 18.2 Å². The zero-order valence-electron chi connectivity index (χ0n) is 9.46. The number of aliphatic hydroxyl groups is 1. The van der Waals surface area contributed by atoms with Crippen LogP contribution in [0.2, 0.25) is 0 Å². The molecule has 0 amide bonds. The lowest BCUT2D eigenvalue weighted by Gasteiger charge is -2.10. The van der Waals surface area contributed by atoms with Crippen molar-refractivity contribution < 1.29 is 14.6 Å². The molecule has 1 atom stereocenters. The van der Waals surface area contributed by atoms with Gasteiger partial charge in [-0.2, -0.15) is 0 Å². The molecule has 3 nitrogen and oxygen atoms in total. The van der Waals surface area contributed by atoms with E-state index in [1.54, 1.807) is 18.9 Å². The maximum Gasteiger partial charge on any atom is 0.0867 e. The molecule has 90 valence electrons. The second-order valence-corrected chi connectivity index (χ2v) is 4.44. The molecule has 0 aliphatic rings. The van der Waals surface area contributed by atoms with Crippen molar-refractivity contribution in [2.24, 2.45) is 0 Å². The first-order valence-corrected chi connectivity index (χ1v) is 6.24. The Balaban J connectivity index is 2.08. The Bertz CT molecular complexity index is 266. The molecule has 0 fully saturated rings. The van der Waals surface area contributed by atoms with Crippen LogP contribution in [0.25, 0.3) is 0 Å². The number of ether oxygens (including phenoxy) is 2. The van der Waals surface area contributed by atoms with E-state index in [1.165, 1.54) is 4.90 Å². The summed E-state index contributed by atoms with van der Waals surface area (Å²) in [4.78, 5) is 1.17. The largest absolute Gasteiger partial charge is 0.390 e. The lowest BCUT2D eigenvalue weighted by Crippen LogP contribution is -2.19. The maximum absolute atomic E-state index is 9.62. The maximum atomic E-state index is 9.62. The van der Waals surface area contributed by atoms with Gasteiger partial charge in [0.2, 0.25) is 0 Å². The smallest absolute Gasteiger partial charge is 0.0867 e. The minimum atomic E-state index is -0.429. The summed E-state index contributed by atoms with van der Waals surface area (Å²) in [7, 11) is 1.63. The SMILES string of the molecule is COCCOCC(O)CSc1ccccc1. The lowest BCUT2D eigenvalue weighted by molar-refractivity contribution is 0.0218. The molecule has 0 radical (unpaired) electrons. The highest BCUT2D eigenvalue weighted by Crippen LogP contribution is 2.17. The van der Waals surface area contributed by atoms with Crippen molar-refractivity contribution in [3.05, 3.63) is 30.3 Å². The van der Waals surface area contributed by atoms with E-state index in [9.17, 15) is 5.11 Å². The van der Waals surface area contributed by atoms with Gasteiger partial charge in [0.05, 0.1) is 25.9 Å². The molecule has 1 N–H and O–H groups in total. The Morgan fingerprint density at radius 3 is 2.69 bits per heavy atom. The first-order valence-electron chi connectivity index (χ1n) is 5.25. The summed E-state index contributed by atoms with van der Waals surface area (Å²) in [6.07, 6.45) is -0.429. The second kappa shape index (κ2) is 8.58. The minimum absolute atomic E-state index is 0.364. The van der Waals surface area contributed by atoms with Gasteiger partial charge in [0.1, 0.15) is 0 Å². The topological polar surface area (TPSA) is 38.7 Å². The summed E-state index contributed by atoms with van der Waals surface area (Å²) in [5, 5.41) is 9.62. The van der Waals surface area contributed by atoms with Crippen LogP contribution in [0.4, 0.5) is 0 Å². The Morgan fingerprint density at radius 2 is 2.00 bits per heavy atom. The van der Waals surface area contributed by atoms with E-state index in [0.29, 0.717) is 25.6 Å². The molecular weight excluding hydrogens is 224 g/mol. The summed E-state index contributed by atoms with van der Waals surface area (Å²) in [6, 6.07) is 10.0. The minimum Gasteiger partial charge on any atom is -0.390 e. The Labute approximate surface area is 101 Å². The first-order chi connectivity index (χ1) is 7.83. The van der Waals surface area contributed by atoms with E-state index in [1.807, 2.05) is 30.3 Å². The Hall–Kier alpha value is -0.550.